The SMILES string of the molecule is CNS(=O)(=O)NCc1cc(C#CCN)cs1. The second-order valence-corrected chi connectivity index (χ2v) is 5.54. The normalized spacial score (nSPS) is 10.9. The Bertz CT molecular complexity index is 496. The largest absolute Gasteiger partial charge is 0.320 e. The molecule has 0 radical (unpaired) electrons. The van der Waals surface area contributed by atoms with E-state index in [0.717, 1.165) is 10.4 Å². The lowest BCUT2D eigenvalue weighted by molar-refractivity contribution is 0.573. The number of hydrogen-bond donors (Lipinski definition) is 3. The molecule has 7 heteroatoms. The third kappa shape index (κ3) is 4.30. The molecule has 0 atom stereocenters. The van der Waals surface area contributed by atoms with Crippen molar-refractivity contribution in [3.8, 4) is 11.8 Å². The molecule has 5 nitrogen and oxygen atoms in total. The Hall–Kier alpha value is -0.910. The first-order chi connectivity index (χ1) is 7.57. The highest BCUT2D eigenvalue weighted by molar-refractivity contribution is 7.87. The van der Waals surface area contributed by atoms with E-state index in [4.69, 9.17) is 5.73 Å². The molecule has 0 aliphatic rings. The predicted molar refractivity (Wildman–Crippen MR) is 65.1 cm³/mol. The van der Waals surface area contributed by atoms with Crippen LogP contribution >= 0.6 is 11.3 Å². The van der Waals surface area contributed by atoms with E-state index in [1.807, 2.05) is 11.4 Å². The highest BCUT2D eigenvalue weighted by Crippen LogP contribution is 2.13. The first-order valence-electron chi connectivity index (χ1n) is 4.52. The van der Waals surface area contributed by atoms with Gasteiger partial charge in [-0.1, -0.05) is 11.8 Å². The molecular weight excluding hydrogens is 246 g/mol. The Morgan fingerprint density at radius 3 is 2.94 bits per heavy atom. The number of hydrogen-bond acceptors (Lipinski definition) is 4. The molecule has 16 heavy (non-hydrogen) atoms. The van der Waals surface area contributed by atoms with Crippen molar-refractivity contribution >= 4 is 21.5 Å². The van der Waals surface area contributed by atoms with Crippen LogP contribution in [0.25, 0.3) is 0 Å². The standard InChI is InChI=1S/C9H13N3O2S2/c1-11-16(13,14)12-6-9-5-8(7-15-9)3-2-4-10/h5,7,11-12H,4,6,10H2,1H3. The second-order valence-electron chi connectivity index (χ2n) is 2.84. The first-order valence-corrected chi connectivity index (χ1v) is 6.88. The van der Waals surface area contributed by atoms with Crippen LogP contribution in [-0.4, -0.2) is 22.0 Å². The molecule has 0 amide bonds. The molecule has 0 spiro atoms. The molecule has 0 bridgehead atoms. The zero-order chi connectivity index (χ0) is 12.0. The van der Waals surface area contributed by atoms with Gasteiger partial charge in [-0.15, -0.1) is 11.3 Å². The molecule has 0 unspecified atom stereocenters. The fourth-order valence-electron chi connectivity index (χ4n) is 0.930. The molecule has 1 heterocycles. The number of rotatable bonds is 4. The van der Waals surface area contributed by atoms with Gasteiger partial charge in [0, 0.05) is 29.4 Å². The minimum Gasteiger partial charge on any atom is -0.320 e. The Morgan fingerprint density at radius 2 is 2.31 bits per heavy atom. The lowest BCUT2D eigenvalue weighted by Gasteiger charge is -2.01. The lowest BCUT2D eigenvalue weighted by Crippen LogP contribution is -2.33. The third-order valence-corrected chi connectivity index (χ3v) is 3.69. The van der Waals surface area contributed by atoms with Crippen LogP contribution in [0.15, 0.2) is 11.4 Å². The summed E-state index contributed by atoms with van der Waals surface area (Å²) in [6.07, 6.45) is 0. The zero-order valence-electron chi connectivity index (χ0n) is 8.78. The van der Waals surface area contributed by atoms with E-state index in [0.29, 0.717) is 6.54 Å². The smallest absolute Gasteiger partial charge is 0.276 e. The van der Waals surface area contributed by atoms with Gasteiger partial charge < -0.3 is 5.73 Å². The second kappa shape index (κ2) is 5.98. The van der Waals surface area contributed by atoms with E-state index in [1.165, 1.54) is 18.4 Å². The van der Waals surface area contributed by atoms with Gasteiger partial charge in [0.1, 0.15) is 0 Å². The van der Waals surface area contributed by atoms with Gasteiger partial charge in [0.15, 0.2) is 0 Å². The highest BCUT2D eigenvalue weighted by atomic mass is 32.2. The molecule has 1 rings (SSSR count). The van der Waals surface area contributed by atoms with Crippen LogP contribution in [0.3, 0.4) is 0 Å². The van der Waals surface area contributed by atoms with Crippen LogP contribution in [-0.2, 0) is 16.8 Å². The van der Waals surface area contributed by atoms with Crippen molar-refractivity contribution in [1.29, 1.82) is 0 Å². The van der Waals surface area contributed by atoms with Crippen LogP contribution in [0, 0.1) is 11.8 Å². The molecule has 4 N–H and O–H groups in total. The molecular formula is C9H13N3O2S2. The Balaban J connectivity index is 2.60. The van der Waals surface area contributed by atoms with Gasteiger partial charge in [-0.3, -0.25) is 0 Å². The maximum Gasteiger partial charge on any atom is 0.276 e. The van der Waals surface area contributed by atoms with Crippen molar-refractivity contribution in [3.63, 3.8) is 0 Å². The number of nitrogens with one attached hydrogen (secondary N) is 2. The highest BCUT2D eigenvalue weighted by Gasteiger charge is 2.06. The van der Waals surface area contributed by atoms with Crippen LogP contribution in [0.1, 0.15) is 10.4 Å². The maximum atomic E-state index is 11.1. The fraction of sp³-hybridized carbons (Fsp3) is 0.333. The van der Waals surface area contributed by atoms with E-state index in [1.54, 1.807) is 0 Å². The monoisotopic (exact) mass is 259 g/mol. The molecule has 0 aliphatic carbocycles. The minimum absolute atomic E-state index is 0.262. The van der Waals surface area contributed by atoms with Gasteiger partial charge >= 0.3 is 0 Å². The average molecular weight is 259 g/mol. The third-order valence-electron chi connectivity index (χ3n) is 1.69. The van der Waals surface area contributed by atoms with Crippen LogP contribution in [0.4, 0.5) is 0 Å². The van der Waals surface area contributed by atoms with Gasteiger partial charge in [0.05, 0.1) is 6.54 Å². The van der Waals surface area contributed by atoms with Gasteiger partial charge in [-0.05, 0) is 6.07 Å². The van der Waals surface area contributed by atoms with Crippen molar-refractivity contribution < 1.29 is 8.42 Å². The summed E-state index contributed by atoms with van der Waals surface area (Å²) in [5, 5.41) is 1.87. The van der Waals surface area contributed by atoms with Gasteiger partial charge in [0.2, 0.25) is 0 Å². The molecule has 0 saturated heterocycles. The van der Waals surface area contributed by atoms with E-state index in [9.17, 15) is 8.42 Å². The molecule has 0 saturated carbocycles. The summed E-state index contributed by atoms with van der Waals surface area (Å²) >= 11 is 1.45. The molecule has 1 aromatic rings. The van der Waals surface area contributed by atoms with Crippen molar-refractivity contribution in [2.45, 2.75) is 6.54 Å². The summed E-state index contributed by atoms with van der Waals surface area (Å²) in [6.45, 7) is 0.579. The zero-order valence-corrected chi connectivity index (χ0v) is 10.4. The van der Waals surface area contributed by atoms with E-state index < -0.39 is 10.2 Å². The lowest BCUT2D eigenvalue weighted by atomic mass is 10.3. The molecule has 0 aliphatic heterocycles. The molecule has 88 valence electrons. The number of thiophene rings is 1. The Morgan fingerprint density at radius 1 is 1.56 bits per heavy atom. The van der Waals surface area contributed by atoms with Gasteiger partial charge in [-0.25, -0.2) is 4.72 Å². The first kappa shape index (κ1) is 13.2. The van der Waals surface area contributed by atoms with Gasteiger partial charge in [-0.2, -0.15) is 13.1 Å². The van der Waals surface area contributed by atoms with Crippen molar-refractivity contribution in [2.75, 3.05) is 13.6 Å². The molecule has 0 fully saturated rings. The van der Waals surface area contributed by atoms with E-state index >= 15 is 0 Å². The average Bonchev–Trinajstić information content (AvgIpc) is 2.72. The summed E-state index contributed by atoms with van der Waals surface area (Å²) in [4.78, 5) is 0.903. The number of nitrogens with two attached hydrogens (primary N) is 1. The summed E-state index contributed by atoms with van der Waals surface area (Å²) in [5.74, 6) is 5.61. The van der Waals surface area contributed by atoms with Crippen LogP contribution < -0.4 is 15.2 Å². The fourth-order valence-corrected chi connectivity index (χ4v) is 2.27. The maximum absolute atomic E-state index is 11.1. The van der Waals surface area contributed by atoms with E-state index in [-0.39, 0.29) is 6.54 Å². The van der Waals surface area contributed by atoms with Crippen molar-refractivity contribution in [3.05, 3.63) is 21.9 Å². The van der Waals surface area contributed by atoms with Crippen molar-refractivity contribution in [1.82, 2.24) is 9.44 Å². The van der Waals surface area contributed by atoms with Crippen molar-refractivity contribution in [2.24, 2.45) is 5.73 Å². The minimum atomic E-state index is -3.37. The van der Waals surface area contributed by atoms with Crippen LogP contribution in [0.5, 0.6) is 0 Å². The summed E-state index contributed by atoms with van der Waals surface area (Å²) in [6, 6.07) is 1.84. The quantitative estimate of drug-likeness (QED) is 0.644. The van der Waals surface area contributed by atoms with Crippen LogP contribution in [0.2, 0.25) is 0 Å². The van der Waals surface area contributed by atoms with Gasteiger partial charge in [0.25, 0.3) is 10.2 Å². The summed E-state index contributed by atoms with van der Waals surface area (Å²) < 4.78 is 26.7. The Labute approximate surface area is 99.2 Å². The molecule has 1 aromatic heterocycles. The van der Waals surface area contributed by atoms with E-state index in [2.05, 4.69) is 21.3 Å². The summed E-state index contributed by atoms with van der Waals surface area (Å²) in [5.41, 5.74) is 6.10. The molecule has 0 aromatic carbocycles. The predicted octanol–water partition coefficient (Wildman–Crippen LogP) is -0.388. The topological polar surface area (TPSA) is 84.2 Å². The summed E-state index contributed by atoms with van der Waals surface area (Å²) in [7, 11) is -2.02. The Kier molecular flexibility index (Phi) is 4.92.